The lowest BCUT2D eigenvalue weighted by atomic mass is 10.1. The third-order valence-electron chi connectivity index (χ3n) is 4.63. The highest BCUT2D eigenvalue weighted by atomic mass is 19.4. The fourth-order valence-corrected chi connectivity index (χ4v) is 3.39. The van der Waals surface area contributed by atoms with Crippen LogP contribution < -0.4 is 10.1 Å². The Hall–Kier alpha value is -2.85. The number of benzene rings is 2. The molecule has 2 aromatic rings. The Morgan fingerprint density at radius 1 is 1.28 bits per heavy atom. The molecule has 0 saturated carbocycles. The Kier molecular flexibility index (Phi) is 6.23. The lowest BCUT2D eigenvalue weighted by molar-refractivity contribution is -0.385. The van der Waals surface area contributed by atoms with Crippen molar-refractivity contribution in [2.75, 3.05) is 18.4 Å². The Morgan fingerprint density at radius 2 is 2.07 bits per heavy atom. The zero-order valence-electron chi connectivity index (χ0n) is 15.4. The molecule has 1 atom stereocenters. The highest BCUT2D eigenvalue weighted by Crippen LogP contribution is 2.27. The Morgan fingerprint density at radius 3 is 2.76 bits per heavy atom. The summed E-state index contributed by atoms with van der Waals surface area (Å²) in [6, 6.07) is 10.5. The van der Waals surface area contributed by atoms with Gasteiger partial charge in [-0.2, -0.15) is 0 Å². The van der Waals surface area contributed by atoms with Crippen molar-refractivity contribution in [2.24, 2.45) is 0 Å². The van der Waals surface area contributed by atoms with Crippen molar-refractivity contribution in [3.05, 3.63) is 63.7 Å². The van der Waals surface area contributed by atoms with Crippen LogP contribution in [0.5, 0.6) is 5.75 Å². The molecule has 2 N–H and O–H groups in total. The molecule has 1 aliphatic rings. The van der Waals surface area contributed by atoms with Crippen molar-refractivity contribution in [1.29, 1.82) is 0 Å². The average Bonchev–Trinajstić information content (AvgIpc) is 3.07. The van der Waals surface area contributed by atoms with Gasteiger partial charge >= 0.3 is 6.36 Å². The fourth-order valence-electron chi connectivity index (χ4n) is 3.39. The van der Waals surface area contributed by atoms with Crippen LogP contribution in [0, 0.1) is 10.1 Å². The van der Waals surface area contributed by atoms with Crippen LogP contribution in [-0.2, 0) is 13.2 Å². The lowest BCUT2D eigenvalue weighted by Crippen LogP contribution is -2.26. The minimum atomic E-state index is -4.73. The van der Waals surface area contributed by atoms with Crippen LogP contribution in [0.3, 0.4) is 0 Å². The third kappa shape index (κ3) is 5.81. The van der Waals surface area contributed by atoms with Gasteiger partial charge in [0.2, 0.25) is 0 Å². The van der Waals surface area contributed by atoms with Crippen molar-refractivity contribution in [2.45, 2.75) is 32.0 Å². The smallest absolute Gasteiger partial charge is 0.406 e. The number of hydrogen-bond donors (Lipinski definition) is 2. The van der Waals surface area contributed by atoms with E-state index in [4.69, 9.17) is 0 Å². The number of ether oxygens (including phenoxy) is 1. The van der Waals surface area contributed by atoms with E-state index in [1.54, 1.807) is 12.1 Å². The zero-order chi connectivity index (χ0) is 21.0. The second-order valence-electron chi connectivity index (χ2n) is 6.82. The van der Waals surface area contributed by atoms with E-state index < -0.39 is 17.9 Å². The topological polar surface area (TPSA) is 87.9 Å². The lowest BCUT2D eigenvalue weighted by Gasteiger charge is -2.18. The Bertz CT molecular complexity index is 876. The largest absolute Gasteiger partial charge is 0.573 e. The molecule has 0 aliphatic carbocycles. The predicted molar refractivity (Wildman–Crippen MR) is 99.4 cm³/mol. The summed E-state index contributed by atoms with van der Waals surface area (Å²) in [6.45, 7) is 1.43. The standard InChI is InChI=1S/C19H20F3N3O4/c20-19(21,22)29-17-3-1-2-13(8-17)10-24-7-6-16(11-24)23-15-5-4-14(12-26)18(9-15)25(27)28/h1-5,8-9,16,23,26H,6-7,10-12H2. The van der Waals surface area contributed by atoms with Gasteiger partial charge in [-0.3, -0.25) is 15.0 Å². The summed E-state index contributed by atoms with van der Waals surface area (Å²) in [5.41, 5.74) is 1.39. The van der Waals surface area contributed by atoms with Gasteiger partial charge in [0, 0.05) is 37.4 Å². The Balaban J connectivity index is 1.59. The van der Waals surface area contributed by atoms with Crippen LogP contribution in [0.2, 0.25) is 0 Å². The second-order valence-corrected chi connectivity index (χ2v) is 6.82. The third-order valence-corrected chi connectivity index (χ3v) is 4.63. The first kappa shape index (κ1) is 20.9. The van der Waals surface area contributed by atoms with Crippen LogP contribution in [0.4, 0.5) is 24.5 Å². The molecule has 1 unspecified atom stereocenters. The highest BCUT2D eigenvalue weighted by molar-refractivity contribution is 5.55. The highest BCUT2D eigenvalue weighted by Gasteiger charge is 2.31. The molecule has 1 aliphatic heterocycles. The predicted octanol–water partition coefficient (Wildman–Crippen LogP) is 3.67. The van der Waals surface area contributed by atoms with Gasteiger partial charge < -0.3 is 15.2 Å². The number of hydrogen-bond acceptors (Lipinski definition) is 6. The van der Waals surface area contributed by atoms with Crippen LogP contribution >= 0.6 is 0 Å². The van der Waals surface area contributed by atoms with Crippen molar-refractivity contribution < 1.29 is 27.9 Å². The van der Waals surface area contributed by atoms with E-state index in [1.165, 1.54) is 30.3 Å². The number of nitrogens with zero attached hydrogens (tertiary/aromatic N) is 2. The molecule has 1 saturated heterocycles. The maximum absolute atomic E-state index is 12.4. The number of likely N-dealkylation sites (tertiary alicyclic amines) is 1. The van der Waals surface area contributed by atoms with E-state index in [1.807, 2.05) is 0 Å². The van der Waals surface area contributed by atoms with E-state index in [0.717, 1.165) is 13.0 Å². The van der Waals surface area contributed by atoms with E-state index in [-0.39, 0.29) is 23.0 Å². The molecular formula is C19H20F3N3O4. The Labute approximate surface area is 164 Å². The summed E-state index contributed by atoms with van der Waals surface area (Å²) in [5, 5.41) is 23.6. The summed E-state index contributed by atoms with van der Waals surface area (Å²) in [7, 11) is 0. The van der Waals surface area contributed by atoms with E-state index in [2.05, 4.69) is 15.0 Å². The number of nitro benzene ring substituents is 1. The molecule has 7 nitrogen and oxygen atoms in total. The van der Waals surface area contributed by atoms with Crippen LogP contribution in [0.15, 0.2) is 42.5 Å². The van der Waals surface area contributed by atoms with E-state index >= 15 is 0 Å². The summed E-state index contributed by atoms with van der Waals surface area (Å²) in [6.07, 6.45) is -3.94. The summed E-state index contributed by atoms with van der Waals surface area (Å²) in [5.74, 6) is -0.250. The number of alkyl halides is 3. The minimum Gasteiger partial charge on any atom is -0.406 e. The summed E-state index contributed by atoms with van der Waals surface area (Å²) >= 11 is 0. The molecule has 3 rings (SSSR count). The molecule has 29 heavy (non-hydrogen) atoms. The number of anilines is 1. The number of aliphatic hydroxyl groups is 1. The van der Waals surface area contributed by atoms with Gasteiger partial charge in [0.25, 0.3) is 5.69 Å². The SMILES string of the molecule is O=[N+]([O-])c1cc(NC2CCN(Cc3cccc(OC(F)(F)F)c3)C2)ccc1CO. The number of nitro groups is 1. The molecule has 0 spiro atoms. The van der Waals surface area contributed by atoms with Gasteiger partial charge in [0.1, 0.15) is 5.75 Å². The first-order valence-corrected chi connectivity index (χ1v) is 8.95. The second kappa shape index (κ2) is 8.66. The fraction of sp³-hybridized carbons (Fsp3) is 0.368. The number of nitrogens with one attached hydrogen (secondary N) is 1. The normalized spacial score (nSPS) is 17.3. The van der Waals surface area contributed by atoms with Gasteiger partial charge in [-0.1, -0.05) is 12.1 Å². The summed E-state index contributed by atoms with van der Waals surface area (Å²) < 4.78 is 41.0. The van der Waals surface area contributed by atoms with Gasteiger partial charge in [-0.25, -0.2) is 0 Å². The average molecular weight is 411 g/mol. The van der Waals surface area contributed by atoms with Crippen LogP contribution in [0.25, 0.3) is 0 Å². The molecule has 0 amide bonds. The van der Waals surface area contributed by atoms with Crippen LogP contribution in [0.1, 0.15) is 17.5 Å². The monoisotopic (exact) mass is 411 g/mol. The molecule has 1 fully saturated rings. The molecule has 0 bridgehead atoms. The van der Waals surface area contributed by atoms with Crippen molar-refractivity contribution in [3.8, 4) is 5.75 Å². The minimum absolute atomic E-state index is 0.0455. The van der Waals surface area contributed by atoms with E-state index in [9.17, 15) is 28.4 Å². The number of aliphatic hydroxyl groups excluding tert-OH is 1. The van der Waals surface area contributed by atoms with Crippen molar-refractivity contribution in [3.63, 3.8) is 0 Å². The molecule has 0 aromatic heterocycles. The van der Waals surface area contributed by atoms with Crippen molar-refractivity contribution >= 4 is 11.4 Å². The molecule has 0 radical (unpaired) electrons. The van der Waals surface area contributed by atoms with E-state index in [0.29, 0.717) is 24.3 Å². The van der Waals surface area contributed by atoms with Gasteiger partial charge in [-0.15, -0.1) is 13.2 Å². The maximum Gasteiger partial charge on any atom is 0.573 e. The van der Waals surface area contributed by atoms with Gasteiger partial charge in [0.05, 0.1) is 17.1 Å². The quantitative estimate of drug-likeness (QED) is 0.534. The van der Waals surface area contributed by atoms with Crippen LogP contribution in [-0.4, -0.2) is 40.4 Å². The first-order chi connectivity index (χ1) is 13.7. The zero-order valence-corrected chi connectivity index (χ0v) is 15.4. The first-order valence-electron chi connectivity index (χ1n) is 8.95. The summed E-state index contributed by atoms with van der Waals surface area (Å²) in [4.78, 5) is 12.7. The number of rotatable bonds is 7. The van der Waals surface area contributed by atoms with Gasteiger partial charge in [0.15, 0.2) is 0 Å². The van der Waals surface area contributed by atoms with Crippen molar-refractivity contribution in [1.82, 2.24) is 4.90 Å². The molecular weight excluding hydrogens is 391 g/mol. The molecule has 1 heterocycles. The maximum atomic E-state index is 12.4. The number of halogens is 3. The van der Waals surface area contributed by atoms with Gasteiger partial charge in [-0.05, 0) is 36.2 Å². The molecule has 10 heteroatoms. The molecule has 2 aromatic carbocycles. The molecule has 156 valence electrons.